The molecular weight excluding hydrogens is 296 g/mol. The molecule has 0 fully saturated rings. The van der Waals surface area contributed by atoms with Gasteiger partial charge >= 0.3 is 0 Å². The van der Waals surface area contributed by atoms with E-state index in [-0.39, 0.29) is 12.2 Å². The number of nitro benzene ring substituents is 1. The van der Waals surface area contributed by atoms with E-state index in [2.05, 4.69) is 15.0 Å². The highest BCUT2D eigenvalue weighted by Crippen LogP contribution is 2.28. The van der Waals surface area contributed by atoms with Crippen LogP contribution in [0.15, 0.2) is 30.5 Å². The number of hydrogen-bond donors (Lipinski definition) is 2. The molecule has 1 heterocycles. The van der Waals surface area contributed by atoms with Gasteiger partial charge in [-0.05, 0) is 6.07 Å². The molecule has 0 amide bonds. The zero-order valence-corrected chi connectivity index (χ0v) is 12.1. The van der Waals surface area contributed by atoms with E-state index in [1.807, 2.05) is 0 Å². The largest absolute Gasteiger partial charge is 0.383 e. The van der Waals surface area contributed by atoms with E-state index in [1.165, 1.54) is 12.3 Å². The Kier molecular flexibility index (Phi) is 4.34. The van der Waals surface area contributed by atoms with Crippen molar-refractivity contribution in [1.29, 1.82) is 0 Å². The number of non-ortho nitro benzene ring substituents is 1. The molecule has 0 aliphatic heterocycles. The van der Waals surface area contributed by atoms with Crippen molar-refractivity contribution in [2.24, 2.45) is 0 Å². The second-order valence-electron chi connectivity index (χ2n) is 4.38. The summed E-state index contributed by atoms with van der Waals surface area (Å²) >= 11 is 0. The van der Waals surface area contributed by atoms with Crippen LogP contribution in [0.4, 0.5) is 11.4 Å². The molecule has 9 heteroatoms. The number of nitro groups is 1. The van der Waals surface area contributed by atoms with Gasteiger partial charge in [-0.2, -0.15) is 0 Å². The Morgan fingerprint density at radius 1 is 1.29 bits per heavy atom. The zero-order chi connectivity index (χ0) is 15.5. The molecule has 21 heavy (non-hydrogen) atoms. The van der Waals surface area contributed by atoms with Crippen LogP contribution in [-0.2, 0) is 10.0 Å². The summed E-state index contributed by atoms with van der Waals surface area (Å²) in [6.07, 6.45) is 2.56. The fraction of sp³-hybridized carbons (Fsp3) is 0.250. The van der Waals surface area contributed by atoms with Crippen molar-refractivity contribution in [2.75, 3.05) is 24.7 Å². The zero-order valence-electron chi connectivity index (χ0n) is 11.2. The Labute approximate surface area is 121 Å². The third kappa shape index (κ3) is 3.86. The van der Waals surface area contributed by atoms with Crippen LogP contribution in [0.1, 0.15) is 0 Å². The summed E-state index contributed by atoms with van der Waals surface area (Å²) in [5.74, 6) is 0. The minimum Gasteiger partial charge on any atom is -0.383 e. The van der Waals surface area contributed by atoms with Crippen molar-refractivity contribution >= 4 is 32.3 Å². The first-order chi connectivity index (χ1) is 9.88. The molecule has 0 saturated carbocycles. The predicted molar refractivity (Wildman–Crippen MR) is 79.7 cm³/mol. The van der Waals surface area contributed by atoms with Gasteiger partial charge in [0.05, 0.1) is 11.2 Å². The van der Waals surface area contributed by atoms with Crippen molar-refractivity contribution in [3.05, 3.63) is 40.6 Å². The Morgan fingerprint density at radius 3 is 2.71 bits per heavy atom. The third-order valence-corrected chi connectivity index (χ3v) is 3.48. The second kappa shape index (κ2) is 6.02. The lowest BCUT2D eigenvalue weighted by atomic mass is 10.1. The average molecular weight is 310 g/mol. The number of sulfonamides is 1. The Balaban J connectivity index is 2.21. The molecule has 0 atom stereocenters. The van der Waals surface area contributed by atoms with Gasteiger partial charge in [0.2, 0.25) is 10.0 Å². The van der Waals surface area contributed by atoms with E-state index in [0.29, 0.717) is 23.1 Å². The number of pyridine rings is 1. The second-order valence-corrected chi connectivity index (χ2v) is 6.22. The minimum atomic E-state index is -3.23. The van der Waals surface area contributed by atoms with Gasteiger partial charge in [-0.25, -0.2) is 18.1 Å². The fourth-order valence-electron chi connectivity index (χ4n) is 1.90. The lowest BCUT2D eigenvalue weighted by molar-refractivity contribution is -0.383. The summed E-state index contributed by atoms with van der Waals surface area (Å²) in [5, 5.41) is 14.6. The Bertz CT molecular complexity index is 776. The van der Waals surface area contributed by atoms with Gasteiger partial charge in [0.1, 0.15) is 5.52 Å². The molecule has 8 nitrogen and oxygen atoms in total. The molecule has 0 spiro atoms. The lowest BCUT2D eigenvalue weighted by Crippen LogP contribution is -2.27. The highest BCUT2D eigenvalue weighted by Gasteiger charge is 2.14. The summed E-state index contributed by atoms with van der Waals surface area (Å²) in [6, 6.07) is 6.39. The summed E-state index contributed by atoms with van der Waals surface area (Å²) < 4.78 is 24.3. The number of benzene rings is 1. The summed E-state index contributed by atoms with van der Waals surface area (Å²) in [5.41, 5.74) is 0.896. The SMILES string of the molecule is CS(=O)(=O)NCCNc1ccnc2c([N+](=O)[O-])cccc12. The van der Waals surface area contributed by atoms with Gasteiger partial charge in [0.15, 0.2) is 0 Å². The maximum Gasteiger partial charge on any atom is 0.295 e. The first kappa shape index (κ1) is 15.1. The number of fused-ring (bicyclic) bond motifs is 1. The molecule has 0 unspecified atom stereocenters. The van der Waals surface area contributed by atoms with Crippen LogP contribution < -0.4 is 10.0 Å². The van der Waals surface area contributed by atoms with E-state index in [0.717, 1.165) is 6.26 Å². The minimum absolute atomic E-state index is 0.0644. The predicted octanol–water partition coefficient (Wildman–Crippen LogP) is 1.10. The van der Waals surface area contributed by atoms with Crippen LogP contribution >= 0.6 is 0 Å². The van der Waals surface area contributed by atoms with Crippen LogP contribution in [0.25, 0.3) is 10.9 Å². The molecule has 0 bridgehead atoms. The smallest absolute Gasteiger partial charge is 0.295 e. The number of aromatic nitrogens is 1. The number of nitrogens with one attached hydrogen (secondary N) is 2. The van der Waals surface area contributed by atoms with Crippen molar-refractivity contribution in [3.63, 3.8) is 0 Å². The average Bonchev–Trinajstić information content (AvgIpc) is 2.41. The first-order valence-corrected chi connectivity index (χ1v) is 7.98. The fourth-order valence-corrected chi connectivity index (χ4v) is 2.37. The molecule has 2 N–H and O–H groups in total. The number of hydrogen-bond acceptors (Lipinski definition) is 6. The number of nitrogens with zero attached hydrogens (tertiary/aromatic N) is 2. The Morgan fingerprint density at radius 2 is 2.05 bits per heavy atom. The number of rotatable bonds is 6. The van der Waals surface area contributed by atoms with Crippen molar-refractivity contribution in [2.45, 2.75) is 0 Å². The monoisotopic (exact) mass is 310 g/mol. The first-order valence-electron chi connectivity index (χ1n) is 6.09. The highest BCUT2D eigenvalue weighted by molar-refractivity contribution is 7.88. The van der Waals surface area contributed by atoms with Crippen LogP contribution in [0.5, 0.6) is 0 Å². The van der Waals surface area contributed by atoms with Gasteiger partial charge in [0.25, 0.3) is 5.69 Å². The number of para-hydroxylation sites is 1. The quantitative estimate of drug-likeness (QED) is 0.469. The van der Waals surface area contributed by atoms with E-state index in [4.69, 9.17) is 0 Å². The van der Waals surface area contributed by atoms with Crippen LogP contribution in [0.3, 0.4) is 0 Å². The van der Waals surface area contributed by atoms with Crippen molar-refractivity contribution < 1.29 is 13.3 Å². The maximum atomic E-state index is 11.0. The normalized spacial score (nSPS) is 11.5. The van der Waals surface area contributed by atoms with Gasteiger partial charge < -0.3 is 5.32 Å². The summed E-state index contributed by atoms with van der Waals surface area (Å²) in [4.78, 5) is 14.5. The van der Waals surface area contributed by atoms with E-state index >= 15 is 0 Å². The summed E-state index contributed by atoms with van der Waals surface area (Å²) in [7, 11) is -3.23. The Hall–Kier alpha value is -2.26. The molecule has 0 saturated heterocycles. The molecule has 2 rings (SSSR count). The standard InChI is InChI=1S/C12H14N4O4S/c1-21(19,20)15-8-7-13-10-5-6-14-12-9(10)3-2-4-11(12)16(17)18/h2-6,15H,7-8H2,1H3,(H,13,14). The lowest BCUT2D eigenvalue weighted by Gasteiger charge is -2.09. The van der Waals surface area contributed by atoms with Crippen molar-refractivity contribution in [3.8, 4) is 0 Å². The molecule has 2 aromatic rings. The maximum absolute atomic E-state index is 11.0. The molecule has 0 radical (unpaired) electrons. The van der Waals surface area contributed by atoms with E-state index < -0.39 is 14.9 Å². The van der Waals surface area contributed by atoms with Gasteiger partial charge in [-0.1, -0.05) is 12.1 Å². The number of anilines is 1. The molecule has 0 aliphatic rings. The van der Waals surface area contributed by atoms with Crippen LogP contribution in [0, 0.1) is 10.1 Å². The van der Waals surface area contributed by atoms with E-state index in [9.17, 15) is 18.5 Å². The summed E-state index contributed by atoms with van der Waals surface area (Å²) in [6.45, 7) is 0.576. The van der Waals surface area contributed by atoms with Crippen LogP contribution in [-0.4, -0.2) is 37.7 Å². The molecule has 1 aromatic carbocycles. The molecule has 0 aliphatic carbocycles. The van der Waals surface area contributed by atoms with Crippen LogP contribution in [0.2, 0.25) is 0 Å². The molecule has 112 valence electrons. The topological polar surface area (TPSA) is 114 Å². The van der Waals surface area contributed by atoms with Gasteiger partial charge in [0, 0.05) is 36.4 Å². The van der Waals surface area contributed by atoms with Gasteiger partial charge in [-0.15, -0.1) is 0 Å². The third-order valence-electron chi connectivity index (χ3n) is 2.75. The van der Waals surface area contributed by atoms with Gasteiger partial charge in [-0.3, -0.25) is 10.1 Å². The molecule has 1 aromatic heterocycles. The van der Waals surface area contributed by atoms with Crippen molar-refractivity contribution in [1.82, 2.24) is 9.71 Å². The molecular formula is C12H14N4O4S. The highest BCUT2D eigenvalue weighted by atomic mass is 32.2. The van der Waals surface area contributed by atoms with E-state index in [1.54, 1.807) is 18.2 Å².